The Balaban J connectivity index is 3.62. The third kappa shape index (κ3) is 2.63. The first-order valence-electron chi connectivity index (χ1n) is 4.24. The zero-order valence-corrected chi connectivity index (χ0v) is 9.85. The van der Waals surface area contributed by atoms with Crippen molar-refractivity contribution in [3.05, 3.63) is 22.2 Å². The van der Waals surface area contributed by atoms with E-state index < -0.39 is 25.5 Å². The number of ether oxygens (including phenoxy) is 2. The van der Waals surface area contributed by atoms with Crippen LogP contribution in [0.3, 0.4) is 0 Å². The first-order valence-corrected chi connectivity index (χ1v) is 5.79. The van der Waals surface area contributed by atoms with E-state index >= 15 is 0 Å². The number of rotatable bonds is 4. The SMILES string of the molecule is COc1cc(OC)c(S(N)(=O)=O)cc1[N+](=O)[O-]. The summed E-state index contributed by atoms with van der Waals surface area (Å²) in [7, 11) is -1.67. The van der Waals surface area contributed by atoms with E-state index in [1.165, 1.54) is 14.2 Å². The Hall–Kier alpha value is -1.87. The minimum absolute atomic E-state index is 0.112. The number of hydrogen-bond acceptors (Lipinski definition) is 6. The maximum atomic E-state index is 11.2. The van der Waals surface area contributed by atoms with Crippen molar-refractivity contribution < 1.29 is 22.8 Å². The Bertz CT molecular complexity index is 553. The molecule has 0 aliphatic heterocycles. The normalized spacial score (nSPS) is 11.0. The first kappa shape index (κ1) is 13.2. The molecule has 2 N–H and O–H groups in total. The number of nitro groups is 1. The molecule has 0 fully saturated rings. The van der Waals surface area contributed by atoms with E-state index in [9.17, 15) is 18.5 Å². The van der Waals surface area contributed by atoms with Gasteiger partial charge in [-0.25, -0.2) is 13.6 Å². The molecule has 0 aliphatic rings. The largest absolute Gasteiger partial charge is 0.495 e. The van der Waals surface area contributed by atoms with Gasteiger partial charge in [0.15, 0.2) is 0 Å². The summed E-state index contributed by atoms with van der Waals surface area (Å²) in [5.41, 5.74) is -0.502. The van der Waals surface area contributed by atoms with E-state index in [2.05, 4.69) is 0 Å². The third-order valence-corrected chi connectivity index (χ3v) is 2.90. The fourth-order valence-corrected chi connectivity index (χ4v) is 1.92. The number of methoxy groups -OCH3 is 2. The van der Waals surface area contributed by atoms with Crippen LogP contribution in [0.5, 0.6) is 11.5 Å². The molecule has 8 nitrogen and oxygen atoms in total. The summed E-state index contributed by atoms with van der Waals surface area (Å²) in [6.45, 7) is 0. The van der Waals surface area contributed by atoms with Gasteiger partial charge in [-0.2, -0.15) is 0 Å². The van der Waals surface area contributed by atoms with Crippen molar-refractivity contribution in [1.29, 1.82) is 0 Å². The average Bonchev–Trinajstić information content (AvgIpc) is 2.25. The van der Waals surface area contributed by atoms with Gasteiger partial charge in [0.05, 0.1) is 19.1 Å². The lowest BCUT2D eigenvalue weighted by atomic mass is 10.3. The van der Waals surface area contributed by atoms with Crippen molar-refractivity contribution in [2.45, 2.75) is 4.90 Å². The standard InChI is InChI=1S/C8H10N2O6S/c1-15-6-4-7(16-2)8(17(9,13)14)3-5(6)10(11)12/h3-4H,1-2H3,(H2,9,13,14). The highest BCUT2D eigenvalue weighted by molar-refractivity contribution is 7.89. The maximum Gasteiger partial charge on any atom is 0.312 e. The van der Waals surface area contributed by atoms with E-state index in [-0.39, 0.29) is 11.5 Å². The molecule has 0 bridgehead atoms. The van der Waals surface area contributed by atoms with Gasteiger partial charge < -0.3 is 9.47 Å². The molecule has 9 heteroatoms. The lowest BCUT2D eigenvalue weighted by Crippen LogP contribution is -2.14. The van der Waals surface area contributed by atoms with Gasteiger partial charge in [-0.05, 0) is 0 Å². The minimum atomic E-state index is -4.11. The van der Waals surface area contributed by atoms with Crippen molar-refractivity contribution in [1.82, 2.24) is 0 Å². The van der Waals surface area contributed by atoms with Gasteiger partial charge in [0.1, 0.15) is 10.6 Å². The molecule has 1 aromatic rings. The Labute approximate surface area is 97.1 Å². The van der Waals surface area contributed by atoms with Crippen molar-refractivity contribution in [3.8, 4) is 11.5 Å². The molecule has 0 unspecified atom stereocenters. The maximum absolute atomic E-state index is 11.2. The second kappa shape index (κ2) is 4.55. The first-order chi connectivity index (χ1) is 7.81. The molecule has 0 heterocycles. The van der Waals surface area contributed by atoms with E-state index in [0.29, 0.717) is 0 Å². The Morgan fingerprint density at radius 1 is 1.24 bits per heavy atom. The molecule has 0 atom stereocenters. The number of nitro benzene ring substituents is 1. The molecule has 1 aromatic carbocycles. The molecule has 0 radical (unpaired) electrons. The van der Waals surface area contributed by atoms with Gasteiger partial charge in [-0.1, -0.05) is 0 Å². The van der Waals surface area contributed by atoms with Crippen LogP contribution >= 0.6 is 0 Å². The van der Waals surface area contributed by atoms with Gasteiger partial charge in [-0.15, -0.1) is 0 Å². The van der Waals surface area contributed by atoms with Crippen LogP contribution in [0.15, 0.2) is 17.0 Å². The van der Waals surface area contributed by atoms with Gasteiger partial charge in [0, 0.05) is 12.1 Å². The summed E-state index contributed by atoms with van der Waals surface area (Å²) >= 11 is 0. The van der Waals surface area contributed by atoms with Crippen molar-refractivity contribution in [2.24, 2.45) is 5.14 Å². The smallest absolute Gasteiger partial charge is 0.312 e. The molecule has 0 spiro atoms. The molecule has 0 amide bonds. The highest BCUT2D eigenvalue weighted by Gasteiger charge is 2.24. The monoisotopic (exact) mass is 262 g/mol. The molecule has 0 saturated heterocycles. The summed E-state index contributed by atoms with van der Waals surface area (Å²) < 4.78 is 32.0. The van der Waals surface area contributed by atoms with Gasteiger partial charge in [-0.3, -0.25) is 10.1 Å². The van der Waals surface area contributed by atoms with Crippen molar-refractivity contribution in [2.75, 3.05) is 14.2 Å². The number of nitrogens with two attached hydrogens (primary N) is 1. The van der Waals surface area contributed by atoms with Crippen LogP contribution in [-0.2, 0) is 10.0 Å². The minimum Gasteiger partial charge on any atom is -0.495 e. The van der Waals surface area contributed by atoms with E-state index in [1.807, 2.05) is 0 Å². The zero-order chi connectivity index (χ0) is 13.2. The second-order valence-electron chi connectivity index (χ2n) is 2.98. The summed E-state index contributed by atoms with van der Waals surface area (Å²) in [5, 5.41) is 15.6. The molecule has 1 rings (SSSR count). The van der Waals surface area contributed by atoms with Gasteiger partial charge in [0.25, 0.3) is 0 Å². The molecule has 0 aromatic heterocycles. The number of primary sulfonamides is 1. The lowest BCUT2D eigenvalue weighted by Gasteiger charge is -2.09. The summed E-state index contributed by atoms with van der Waals surface area (Å²) in [6, 6.07) is 1.89. The fourth-order valence-electron chi connectivity index (χ4n) is 1.22. The quantitative estimate of drug-likeness (QED) is 0.613. The van der Waals surface area contributed by atoms with Crippen LogP contribution in [0.2, 0.25) is 0 Å². The third-order valence-electron chi connectivity index (χ3n) is 1.97. The fraction of sp³-hybridized carbons (Fsp3) is 0.250. The van der Waals surface area contributed by atoms with Gasteiger partial charge >= 0.3 is 5.69 Å². The van der Waals surface area contributed by atoms with E-state index in [4.69, 9.17) is 14.6 Å². The molecule has 0 saturated carbocycles. The summed E-state index contributed by atoms with van der Waals surface area (Å²) in [4.78, 5) is 9.47. The predicted octanol–water partition coefficient (Wildman–Crippen LogP) is 0.259. The Morgan fingerprint density at radius 3 is 2.12 bits per heavy atom. The van der Waals surface area contributed by atoms with Crippen molar-refractivity contribution in [3.63, 3.8) is 0 Å². The highest BCUT2D eigenvalue weighted by atomic mass is 32.2. The number of nitrogens with zero attached hydrogens (tertiary/aromatic N) is 1. The van der Waals surface area contributed by atoms with E-state index in [1.54, 1.807) is 0 Å². The van der Waals surface area contributed by atoms with Gasteiger partial charge in [0.2, 0.25) is 15.8 Å². The van der Waals surface area contributed by atoms with E-state index in [0.717, 1.165) is 12.1 Å². The zero-order valence-electron chi connectivity index (χ0n) is 9.04. The summed E-state index contributed by atoms with van der Waals surface area (Å²) in [5.74, 6) is -0.228. The number of hydrogen-bond donors (Lipinski definition) is 1. The van der Waals surface area contributed by atoms with Crippen LogP contribution in [0, 0.1) is 10.1 Å². The number of sulfonamides is 1. The van der Waals surface area contributed by atoms with Crippen LogP contribution < -0.4 is 14.6 Å². The molecular formula is C8H10N2O6S. The van der Waals surface area contributed by atoms with Crippen LogP contribution in [0.25, 0.3) is 0 Å². The van der Waals surface area contributed by atoms with Crippen molar-refractivity contribution >= 4 is 15.7 Å². The molecule has 17 heavy (non-hydrogen) atoms. The molecule has 0 aliphatic carbocycles. The summed E-state index contributed by atoms with van der Waals surface area (Å²) in [6.07, 6.45) is 0. The Kier molecular flexibility index (Phi) is 3.53. The Morgan fingerprint density at radius 2 is 1.76 bits per heavy atom. The molecular weight excluding hydrogens is 252 g/mol. The van der Waals surface area contributed by atoms with Crippen LogP contribution in [0.4, 0.5) is 5.69 Å². The molecule has 94 valence electrons. The second-order valence-corrected chi connectivity index (χ2v) is 4.51. The topological polar surface area (TPSA) is 122 Å². The number of benzene rings is 1. The highest BCUT2D eigenvalue weighted by Crippen LogP contribution is 2.36. The average molecular weight is 262 g/mol. The lowest BCUT2D eigenvalue weighted by molar-refractivity contribution is -0.386. The predicted molar refractivity (Wildman–Crippen MR) is 57.6 cm³/mol. The van der Waals surface area contributed by atoms with Crippen LogP contribution in [0.1, 0.15) is 0 Å². The van der Waals surface area contributed by atoms with Crippen LogP contribution in [-0.4, -0.2) is 27.6 Å².